The average Bonchev–Trinajstić information content (AvgIpc) is 3.02. The molecule has 0 aromatic carbocycles. The second-order valence-electron chi connectivity index (χ2n) is 5.18. The van der Waals surface area contributed by atoms with Crippen molar-refractivity contribution in [3.05, 3.63) is 0 Å². The fourth-order valence-electron chi connectivity index (χ4n) is 1.83. The molecule has 94 valence electrons. The molecule has 0 heterocycles. The van der Waals surface area contributed by atoms with Gasteiger partial charge in [0.15, 0.2) is 0 Å². The molecule has 0 aromatic rings. The van der Waals surface area contributed by atoms with Crippen LogP contribution in [0.1, 0.15) is 52.4 Å². The minimum atomic E-state index is 0.197. The van der Waals surface area contributed by atoms with Crippen LogP contribution in [0.25, 0.3) is 0 Å². The third-order valence-corrected chi connectivity index (χ3v) is 3.05. The average molecular weight is 227 g/mol. The zero-order chi connectivity index (χ0) is 12.0. The third kappa shape index (κ3) is 4.97. The van der Waals surface area contributed by atoms with Gasteiger partial charge in [-0.3, -0.25) is 4.79 Å². The maximum atomic E-state index is 12.0. The van der Waals surface area contributed by atoms with Gasteiger partial charge in [-0.05, 0) is 38.0 Å². The van der Waals surface area contributed by atoms with E-state index < -0.39 is 0 Å². The van der Waals surface area contributed by atoms with Gasteiger partial charge in [0.05, 0.1) is 0 Å². The summed E-state index contributed by atoms with van der Waals surface area (Å²) >= 11 is 0. The number of unbranched alkanes of at least 4 members (excludes halogenated alkanes) is 1. The van der Waals surface area contributed by atoms with Gasteiger partial charge in [0.1, 0.15) is 0 Å². The summed E-state index contributed by atoms with van der Waals surface area (Å²) in [6, 6.07) is 0.528. The Balaban J connectivity index is 2.28. The smallest absolute Gasteiger partial charge is 0.222 e. The van der Waals surface area contributed by atoms with E-state index in [2.05, 4.69) is 18.7 Å². The lowest BCUT2D eigenvalue weighted by Gasteiger charge is -2.23. The molecule has 0 bridgehead atoms. The van der Waals surface area contributed by atoms with Crippen molar-refractivity contribution in [3.63, 3.8) is 0 Å². The number of aliphatic hydroxyl groups excluding tert-OH is 1. The second kappa shape index (κ2) is 6.89. The van der Waals surface area contributed by atoms with Gasteiger partial charge in [-0.15, -0.1) is 0 Å². The van der Waals surface area contributed by atoms with E-state index in [9.17, 15) is 4.79 Å². The Bertz CT molecular complexity index is 212. The van der Waals surface area contributed by atoms with Crippen LogP contribution >= 0.6 is 0 Å². The SMILES string of the molecule is CC(C)CCN(C(=O)CCCCO)C1CC1. The lowest BCUT2D eigenvalue weighted by atomic mass is 10.1. The predicted octanol–water partition coefficient (Wildman–Crippen LogP) is 2.19. The largest absolute Gasteiger partial charge is 0.396 e. The molecule has 1 N–H and O–H groups in total. The van der Waals surface area contributed by atoms with Crippen LogP contribution in [0.4, 0.5) is 0 Å². The standard InChI is InChI=1S/C13H25NO2/c1-11(2)8-9-14(12-6-7-12)13(16)5-3-4-10-15/h11-12,15H,3-10H2,1-2H3. The van der Waals surface area contributed by atoms with E-state index in [4.69, 9.17) is 5.11 Å². The van der Waals surface area contributed by atoms with Crippen molar-refractivity contribution < 1.29 is 9.90 Å². The van der Waals surface area contributed by atoms with E-state index >= 15 is 0 Å². The molecule has 1 aliphatic carbocycles. The first-order valence-electron chi connectivity index (χ1n) is 6.55. The Morgan fingerprint density at radius 2 is 2.06 bits per heavy atom. The van der Waals surface area contributed by atoms with Crippen LogP contribution in [0.2, 0.25) is 0 Å². The molecule has 3 heteroatoms. The van der Waals surface area contributed by atoms with Crippen LogP contribution < -0.4 is 0 Å². The Hall–Kier alpha value is -0.570. The topological polar surface area (TPSA) is 40.5 Å². The highest BCUT2D eigenvalue weighted by molar-refractivity contribution is 5.76. The van der Waals surface area contributed by atoms with Crippen molar-refractivity contribution in [1.82, 2.24) is 4.90 Å². The Labute approximate surface area is 98.8 Å². The summed E-state index contributed by atoms with van der Waals surface area (Å²) in [5, 5.41) is 8.69. The summed E-state index contributed by atoms with van der Waals surface area (Å²) in [7, 11) is 0. The highest BCUT2D eigenvalue weighted by Gasteiger charge is 2.31. The summed E-state index contributed by atoms with van der Waals surface area (Å²) in [6.07, 6.45) is 5.64. The summed E-state index contributed by atoms with van der Waals surface area (Å²) in [4.78, 5) is 14.0. The zero-order valence-corrected chi connectivity index (χ0v) is 10.6. The maximum absolute atomic E-state index is 12.0. The molecule has 16 heavy (non-hydrogen) atoms. The van der Waals surface area contributed by atoms with Gasteiger partial charge < -0.3 is 10.0 Å². The minimum absolute atomic E-state index is 0.197. The molecule has 1 fully saturated rings. The van der Waals surface area contributed by atoms with E-state index in [0.29, 0.717) is 18.4 Å². The minimum Gasteiger partial charge on any atom is -0.396 e. The van der Waals surface area contributed by atoms with Crippen molar-refractivity contribution in [1.29, 1.82) is 0 Å². The molecule has 1 saturated carbocycles. The first kappa shape index (κ1) is 13.5. The molecule has 0 aliphatic heterocycles. The van der Waals surface area contributed by atoms with Crippen molar-refractivity contribution in [3.8, 4) is 0 Å². The van der Waals surface area contributed by atoms with Crippen molar-refractivity contribution in [2.75, 3.05) is 13.2 Å². The number of hydrogen-bond acceptors (Lipinski definition) is 2. The number of carbonyl (C=O) groups excluding carboxylic acids is 1. The van der Waals surface area contributed by atoms with Crippen LogP contribution in [0.3, 0.4) is 0 Å². The van der Waals surface area contributed by atoms with Crippen LogP contribution in [0.5, 0.6) is 0 Å². The van der Waals surface area contributed by atoms with Crippen molar-refractivity contribution in [2.24, 2.45) is 5.92 Å². The highest BCUT2D eigenvalue weighted by atomic mass is 16.3. The summed E-state index contributed by atoms with van der Waals surface area (Å²) < 4.78 is 0. The molecule has 0 spiro atoms. The Kier molecular flexibility index (Phi) is 5.81. The number of nitrogens with zero attached hydrogens (tertiary/aromatic N) is 1. The van der Waals surface area contributed by atoms with Crippen LogP contribution in [0.15, 0.2) is 0 Å². The van der Waals surface area contributed by atoms with Crippen molar-refractivity contribution >= 4 is 5.91 Å². The number of aliphatic hydroxyl groups is 1. The predicted molar refractivity (Wildman–Crippen MR) is 65.1 cm³/mol. The quantitative estimate of drug-likeness (QED) is 0.646. The fourth-order valence-corrected chi connectivity index (χ4v) is 1.83. The van der Waals surface area contributed by atoms with Crippen LogP contribution in [-0.4, -0.2) is 35.1 Å². The summed E-state index contributed by atoms with van der Waals surface area (Å²) in [5.41, 5.74) is 0. The molecule has 1 rings (SSSR count). The molecule has 0 unspecified atom stereocenters. The first-order valence-corrected chi connectivity index (χ1v) is 6.55. The van der Waals surface area contributed by atoms with Gasteiger partial charge in [-0.2, -0.15) is 0 Å². The second-order valence-corrected chi connectivity index (χ2v) is 5.18. The Morgan fingerprint density at radius 3 is 2.56 bits per heavy atom. The first-order chi connectivity index (χ1) is 7.65. The molecular formula is C13H25NO2. The highest BCUT2D eigenvalue weighted by Crippen LogP contribution is 2.28. The van der Waals surface area contributed by atoms with Gasteiger partial charge >= 0.3 is 0 Å². The van der Waals surface area contributed by atoms with Gasteiger partial charge in [-0.25, -0.2) is 0 Å². The molecule has 1 amide bonds. The molecular weight excluding hydrogens is 202 g/mol. The van der Waals surface area contributed by atoms with Gasteiger partial charge in [-0.1, -0.05) is 13.8 Å². The molecule has 3 nitrogen and oxygen atoms in total. The van der Waals surface area contributed by atoms with Crippen LogP contribution in [-0.2, 0) is 4.79 Å². The Morgan fingerprint density at radius 1 is 1.38 bits per heavy atom. The van der Waals surface area contributed by atoms with Gasteiger partial charge in [0.25, 0.3) is 0 Å². The zero-order valence-electron chi connectivity index (χ0n) is 10.6. The molecule has 0 radical (unpaired) electrons. The third-order valence-electron chi connectivity index (χ3n) is 3.05. The lowest BCUT2D eigenvalue weighted by molar-refractivity contribution is -0.132. The lowest BCUT2D eigenvalue weighted by Crippen LogP contribution is -2.34. The van der Waals surface area contributed by atoms with Crippen LogP contribution in [0, 0.1) is 5.92 Å². The normalized spacial score (nSPS) is 15.5. The molecule has 0 saturated heterocycles. The van der Waals surface area contributed by atoms with Gasteiger partial charge in [0, 0.05) is 25.6 Å². The van der Waals surface area contributed by atoms with Crippen molar-refractivity contribution in [2.45, 2.75) is 58.4 Å². The fraction of sp³-hybridized carbons (Fsp3) is 0.923. The molecule has 1 aliphatic rings. The molecule has 0 aromatic heterocycles. The number of rotatable bonds is 8. The van der Waals surface area contributed by atoms with E-state index in [-0.39, 0.29) is 12.5 Å². The number of hydrogen-bond donors (Lipinski definition) is 1. The monoisotopic (exact) mass is 227 g/mol. The van der Waals surface area contributed by atoms with E-state index in [1.807, 2.05) is 0 Å². The van der Waals surface area contributed by atoms with E-state index in [0.717, 1.165) is 25.8 Å². The maximum Gasteiger partial charge on any atom is 0.222 e. The number of carbonyl (C=O) groups is 1. The summed E-state index contributed by atoms with van der Waals surface area (Å²) in [5.74, 6) is 0.947. The van der Waals surface area contributed by atoms with Gasteiger partial charge in [0.2, 0.25) is 5.91 Å². The molecule has 0 atom stereocenters. The van der Waals surface area contributed by atoms with E-state index in [1.165, 1.54) is 12.8 Å². The summed E-state index contributed by atoms with van der Waals surface area (Å²) in [6.45, 7) is 5.51. The number of amides is 1. The van der Waals surface area contributed by atoms with E-state index in [1.54, 1.807) is 0 Å².